The molecule has 5 rings (SSSR count). The summed E-state index contributed by atoms with van der Waals surface area (Å²) >= 11 is 1.27. The first-order valence-electron chi connectivity index (χ1n) is 11.6. The van der Waals surface area contributed by atoms with E-state index in [9.17, 15) is 14.0 Å². The van der Waals surface area contributed by atoms with Gasteiger partial charge in [0, 0.05) is 43.9 Å². The summed E-state index contributed by atoms with van der Waals surface area (Å²) in [6.45, 7) is 5.05. The molecule has 0 radical (unpaired) electrons. The predicted octanol–water partition coefficient (Wildman–Crippen LogP) is 3.07. The molecule has 3 saturated heterocycles. The lowest BCUT2D eigenvalue weighted by Crippen LogP contribution is -2.45. The van der Waals surface area contributed by atoms with Crippen LogP contribution < -0.4 is 10.2 Å². The van der Waals surface area contributed by atoms with E-state index < -0.39 is 11.9 Å². The van der Waals surface area contributed by atoms with Gasteiger partial charge in [0.2, 0.25) is 0 Å². The van der Waals surface area contributed by atoms with Gasteiger partial charge in [0.25, 0.3) is 5.91 Å². The van der Waals surface area contributed by atoms with Crippen LogP contribution in [-0.2, 0) is 4.79 Å². The number of nitrogens with zero attached hydrogens (tertiary/aromatic N) is 4. The SMILES string of the molecule is O=C1N=C(N2CCCCN2)S/C1=C\c1ccc(F)cc1OC(=O)N1CC[C@@H](N2CCCC2)C1. The van der Waals surface area contributed by atoms with Gasteiger partial charge in [-0.1, -0.05) is 0 Å². The molecule has 3 fully saturated rings. The number of amides is 2. The summed E-state index contributed by atoms with van der Waals surface area (Å²) in [4.78, 5) is 34.0. The van der Waals surface area contributed by atoms with Crippen LogP contribution in [0, 0.1) is 5.82 Å². The molecule has 0 unspecified atom stereocenters. The van der Waals surface area contributed by atoms with Crippen LogP contribution in [-0.4, -0.2) is 77.3 Å². The predicted molar refractivity (Wildman–Crippen MR) is 125 cm³/mol. The van der Waals surface area contributed by atoms with Crippen LogP contribution in [0.3, 0.4) is 0 Å². The highest BCUT2D eigenvalue weighted by Gasteiger charge is 2.33. The second-order valence-electron chi connectivity index (χ2n) is 8.76. The Morgan fingerprint density at radius 1 is 1.18 bits per heavy atom. The monoisotopic (exact) mass is 473 g/mol. The number of hydrazine groups is 1. The quantitative estimate of drug-likeness (QED) is 0.676. The Hall–Kier alpha value is -2.43. The minimum atomic E-state index is -0.504. The minimum absolute atomic E-state index is 0.107. The maximum absolute atomic E-state index is 14.0. The number of halogens is 1. The third-order valence-corrected chi connectivity index (χ3v) is 7.50. The van der Waals surface area contributed by atoms with Gasteiger partial charge < -0.3 is 9.64 Å². The molecule has 0 saturated carbocycles. The zero-order valence-electron chi connectivity index (χ0n) is 18.5. The molecule has 1 aromatic rings. The minimum Gasteiger partial charge on any atom is -0.409 e. The maximum atomic E-state index is 14.0. The zero-order valence-corrected chi connectivity index (χ0v) is 19.3. The van der Waals surface area contributed by atoms with Crippen LogP contribution in [0.1, 0.15) is 37.7 Å². The standard InChI is InChI=1S/C23H28FN5O3S/c24-17-6-5-16(13-20-21(30)26-22(33-20)29-11-2-1-8-25-29)19(14-17)32-23(31)28-12-7-18(15-28)27-9-3-4-10-27/h5-6,13-14,18,25H,1-4,7-12,15H2/b20-13-/t18-/m1/s1. The van der Waals surface area contributed by atoms with Gasteiger partial charge in [0.1, 0.15) is 11.6 Å². The average Bonchev–Trinajstić information content (AvgIpc) is 3.57. The van der Waals surface area contributed by atoms with Gasteiger partial charge in [-0.05, 0) is 75.2 Å². The van der Waals surface area contributed by atoms with E-state index in [0.717, 1.165) is 45.4 Å². The molecular weight excluding hydrogens is 445 g/mol. The van der Waals surface area contributed by atoms with E-state index in [1.54, 1.807) is 11.0 Å². The molecular formula is C23H28FN5O3S. The number of benzene rings is 1. The molecule has 0 spiro atoms. The number of thioether (sulfide) groups is 1. The molecule has 0 aromatic heterocycles. The summed E-state index contributed by atoms with van der Waals surface area (Å²) in [5, 5.41) is 2.50. The highest BCUT2D eigenvalue weighted by atomic mass is 32.2. The normalized spacial score (nSPS) is 25.2. The maximum Gasteiger partial charge on any atom is 0.415 e. The molecule has 1 N–H and O–H groups in total. The van der Waals surface area contributed by atoms with Crippen molar-refractivity contribution in [1.29, 1.82) is 0 Å². The molecule has 4 aliphatic heterocycles. The molecule has 2 amide bonds. The largest absolute Gasteiger partial charge is 0.415 e. The summed E-state index contributed by atoms with van der Waals surface area (Å²) in [6, 6.07) is 4.37. The molecule has 4 aliphatic rings. The van der Waals surface area contributed by atoms with Gasteiger partial charge >= 0.3 is 6.09 Å². The van der Waals surface area contributed by atoms with Crippen LogP contribution in [0.25, 0.3) is 6.08 Å². The number of aliphatic imine (C=N–C) groups is 1. The first kappa shape index (κ1) is 22.4. The van der Waals surface area contributed by atoms with Crippen molar-refractivity contribution in [2.24, 2.45) is 4.99 Å². The Balaban J connectivity index is 1.27. The summed E-state index contributed by atoms with van der Waals surface area (Å²) in [7, 11) is 0. The summed E-state index contributed by atoms with van der Waals surface area (Å²) in [5.41, 5.74) is 3.71. The van der Waals surface area contributed by atoms with E-state index in [4.69, 9.17) is 4.74 Å². The highest BCUT2D eigenvalue weighted by molar-refractivity contribution is 8.18. The van der Waals surface area contributed by atoms with Crippen LogP contribution in [0.15, 0.2) is 28.1 Å². The molecule has 1 atom stereocenters. The van der Waals surface area contributed by atoms with E-state index in [1.807, 2.05) is 5.01 Å². The Labute approximate surface area is 196 Å². The summed E-state index contributed by atoms with van der Waals surface area (Å²) in [5.74, 6) is -0.747. The first-order chi connectivity index (χ1) is 16.1. The second-order valence-corrected chi connectivity index (χ2v) is 9.77. The highest BCUT2D eigenvalue weighted by Crippen LogP contribution is 2.33. The molecule has 176 valence electrons. The van der Waals surface area contributed by atoms with Gasteiger partial charge in [-0.25, -0.2) is 14.6 Å². The van der Waals surface area contributed by atoms with Crippen LogP contribution in [0.4, 0.5) is 9.18 Å². The molecule has 33 heavy (non-hydrogen) atoms. The summed E-state index contributed by atoms with van der Waals surface area (Å²) in [6.07, 6.45) is 6.59. The fraction of sp³-hybridized carbons (Fsp3) is 0.522. The molecule has 0 bridgehead atoms. The van der Waals surface area contributed by atoms with E-state index in [-0.39, 0.29) is 11.7 Å². The average molecular weight is 474 g/mol. The number of carbonyl (C=O) groups excluding carboxylic acids is 2. The van der Waals surface area contributed by atoms with Crippen molar-refractivity contribution in [3.8, 4) is 5.75 Å². The van der Waals surface area contributed by atoms with E-state index >= 15 is 0 Å². The lowest BCUT2D eigenvalue weighted by Gasteiger charge is -2.28. The van der Waals surface area contributed by atoms with Crippen LogP contribution in [0.5, 0.6) is 5.75 Å². The van der Waals surface area contributed by atoms with Crippen LogP contribution in [0.2, 0.25) is 0 Å². The Kier molecular flexibility index (Phi) is 6.66. The van der Waals surface area contributed by atoms with Gasteiger partial charge in [-0.3, -0.25) is 14.7 Å². The third-order valence-electron chi connectivity index (χ3n) is 6.49. The van der Waals surface area contributed by atoms with E-state index in [1.165, 1.54) is 42.8 Å². The third kappa shape index (κ3) is 5.07. The zero-order chi connectivity index (χ0) is 22.8. The van der Waals surface area contributed by atoms with Crippen molar-refractivity contribution < 1.29 is 18.7 Å². The van der Waals surface area contributed by atoms with Crippen molar-refractivity contribution in [2.75, 3.05) is 39.3 Å². The van der Waals surface area contributed by atoms with Crippen molar-refractivity contribution in [3.63, 3.8) is 0 Å². The van der Waals surface area contributed by atoms with Gasteiger partial charge in [0.15, 0.2) is 5.17 Å². The van der Waals surface area contributed by atoms with Gasteiger partial charge in [-0.15, -0.1) is 0 Å². The molecule has 4 heterocycles. The van der Waals surface area contributed by atoms with Gasteiger partial charge in [0.05, 0.1) is 4.91 Å². The van der Waals surface area contributed by atoms with Crippen molar-refractivity contribution in [1.82, 2.24) is 20.2 Å². The fourth-order valence-corrected chi connectivity index (χ4v) is 5.60. The smallest absolute Gasteiger partial charge is 0.409 e. The Morgan fingerprint density at radius 3 is 2.79 bits per heavy atom. The Bertz CT molecular complexity index is 988. The second kappa shape index (κ2) is 9.82. The molecule has 8 nitrogen and oxygen atoms in total. The number of amidine groups is 1. The van der Waals surface area contributed by atoms with Crippen molar-refractivity contribution in [3.05, 3.63) is 34.5 Å². The number of likely N-dealkylation sites (tertiary alicyclic amines) is 2. The van der Waals surface area contributed by atoms with Crippen molar-refractivity contribution >= 4 is 35.0 Å². The number of hydrogen-bond donors (Lipinski definition) is 1. The fourth-order valence-electron chi connectivity index (χ4n) is 4.69. The first-order valence-corrected chi connectivity index (χ1v) is 12.4. The number of rotatable bonds is 3. The number of ether oxygens (including phenoxy) is 1. The van der Waals surface area contributed by atoms with Gasteiger partial charge in [-0.2, -0.15) is 4.99 Å². The molecule has 1 aromatic carbocycles. The molecule has 0 aliphatic carbocycles. The topological polar surface area (TPSA) is 77.5 Å². The van der Waals surface area contributed by atoms with Crippen LogP contribution >= 0.6 is 11.8 Å². The summed E-state index contributed by atoms with van der Waals surface area (Å²) < 4.78 is 19.6. The number of hydrogen-bond acceptors (Lipinski definition) is 7. The van der Waals surface area contributed by atoms with E-state index in [2.05, 4.69) is 15.3 Å². The van der Waals surface area contributed by atoms with Crippen molar-refractivity contribution in [2.45, 2.75) is 38.1 Å². The van der Waals surface area contributed by atoms with E-state index in [0.29, 0.717) is 34.8 Å². The Morgan fingerprint density at radius 2 is 2.00 bits per heavy atom. The number of nitrogens with one attached hydrogen (secondary N) is 1. The number of carbonyl (C=O) groups is 2. The molecule has 10 heteroatoms. The lowest BCUT2D eigenvalue weighted by atomic mass is 10.2. The lowest BCUT2D eigenvalue weighted by molar-refractivity contribution is -0.113.